The molecule has 30 heavy (non-hydrogen) atoms. The molecule has 4 rings (SSSR count). The van der Waals surface area contributed by atoms with Crippen LogP contribution in [0.2, 0.25) is 0 Å². The second-order valence-electron chi connectivity index (χ2n) is 6.58. The topological polar surface area (TPSA) is 86.2 Å². The van der Waals surface area contributed by atoms with E-state index < -0.39 is 0 Å². The molecule has 1 amide bonds. The third-order valence-corrected chi connectivity index (χ3v) is 4.59. The van der Waals surface area contributed by atoms with Crippen LogP contribution in [0, 0.1) is 0 Å². The first-order valence-corrected chi connectivity index (χ1v) is 9.34. The molecule has 0 atom stereocenters. The van der Waals surface area contributed by atoms with Gasteiger partial charge in [-0.3, -0.25) is 4.79 Å². The molecule has 7 nitrogen and oxygen atoms in total. The van der Waals surface area contributed by atoms with Crippen LogP contribution < -0.4 is 10.1 Å². The van der Waals surface area contributed by atoms with Crippen LogP contribution >= 0.6 is 0 Å². The molecule has 4 aromatic rings. The molecule has 0 aliphatic heterocycles. The Bertz CT molecular complexity index is 1180. The second kappa shape index (κ2) is 8.67. The summed E-state index contributed by atoms with van der Waals surface area (Å²) >= 11 is 0. The third kappa shape index (κ3) is 3.97. The largest absolute Gasteiger partial charge is 0.479 e. The summed E-state index contributed by atoms with van der Waals surface area (Å²) in [4.78, 5) is 26.0. The lowest BCUT2D eigenvalue weighted by Crippen LogP contribution is -2.13. The van der Waals surface area contributed by atoms with Gasteiger partial charge in [-0.1, -0.05) is 42.5 Å². The molecule has 0 bridgehead atoms. The fraction of sp³-hybridized carbons (Fsp3) is 0.130. The average Bonchev–Trinajstić information content (AvgIpc) is 2.79. The number of fused-ring (bicyclic) bond motifs is 1. The highest BCUT2D eigenvalue weighted by atomic mass is 16.5. The van der Waals surface area contributed by atoms with Crippen molar-refractivity contribution in [1.29, 1.82) is 0 Å². The van der Waals surface area contributed by atoms with Gasteiger partial charge in [0.1, 0.15) is 5.52 Å². The lowest BCUT2D eigenvalue weighted by Gasteiger charge is -2.10. The maximum absolute atomic E-state index is 12.6. The van der Waals surface area contributed by atoms with Crippen LogP contribution in [0.4, 0.5) is 5.82 Å². The van der Waals surface area contributed by atoms with Crippen LogP contribution in [0.5, 0.6) is 5.88 Å². The number of hydrogen-bond donors (Lipinski definition) is 1. The number of benzene rings is 2. The first-order valence-electron chi connectivity index (χ1n) is 9.34. The average molecular weight is 400 g/mol. The van der Waals surface area contributed by atoms with Gasteiger partial charge in [0.25, 0.3) is 5.91 Å². The number of nitrogens with one attached hydrogen (secondary N) is 1. The summed E-state index contributed by atoms with van der Waals surface area (Å²) in [6.07, 6.45) is 3.25. The van der Waals surface area contributed by atoms with E-state index in [1.165, 1.54) is 13.3 Å². The lowest BCUT2D eigenvalue weighted by molar-refractivity contribution is 0.102. The minimum Gasteiger partial charge on any atom is -0.479 e. The molecular formula is C23H20N4O3. The highest BCUT2D eigenvalue weighted by Gasteiger charge is 2.15. The number of anilines is 1. The van der Waals surface area contributed by atoms with E-state index >= 15 is 0 Å². The van der Waals surface area contributed by atoms with Gasteiger partial charge in [-0.2, -0.15) is 0 Å². The third-order valence-electron chi connectivity index (χ3n) is 4.59. The molecule has 0 saturated carbocycles. The molecule has 150 valence electrons. The van der Waals surface area contributed by atoms with Gasteiger partial charge in [0.05, 0.1) is 19.9 Å². The number of carbonyl (C=O) groups is 1. The van der Waals surface area contributed by atoms with Crippen LogP contribution in [0.15, 0.2) is 67.0 Å². The summed E-state index contributed by atoms with van der Waals surface area (Å²) in [5.74, 6) is 0.384. The molecular weight excluding hydrogens is 380 g/mol. The number of nitrogens with zero attached hydrogens (tertiary/aromatic N) is 3. The van der Waals surface area contributed by atoms with E-state index in [4.69, 9.17) is 9.47 Å². The summed E-state index contributed by atoms with van der Waals surface area (Å²) in [6, 6.07) is 17.0. The molecule has 1 N–H and O–H groups in total. The molecule has 2 aromatic carbocycles. The molecule has 0 aliphatic carbocycles. The highest BCUT2D eigenvalue weighted by molar-refractivity contribution is 6.04. The van der Waals surface area contributed by atoms with Crippen molar-refractivity contribution in [3.05, 3.63) is 78.1 Å². The number of aromatic nitrogens is 3. The van der Waals surface area contributed by atoms with Gasteiger partial charge < -0.3 is 14.8 Å². The number of pyridine rings is 1. The summed E-state index contributed by atoms with van der Waals surface area (Å²) in [7, 11) is 3.16. The second-order valence-corrected chi connectivity index (χ2v) is 6.58. The van der Waals surface area contributed by atoms with Crippen LogP contribution in [-0.2, 0) is 11.3 Å². The molecule has 7 heteroatoms. The normalized spacial score (nSPS) is 10.7. The van der Waals surface area contributed by atoms with Crippen LogP contribution in [0.1, 0.15) is 15.9 Å². The molecule has 0 fully saturated rings. The molecule has 0 unspecified atom stereocenters. The monoisotopic (exact) mass is 400 g/mol. The zero-order valence-electron chi connectivity index (χ0n) is 16.6. The van der Waals surface area contributed by atoms with E-state index in [0.29, 0.717) is 34.9 Å². The summed E-state index contributed by atoms with van der Waals surface area (Å²) in [6.45, 7) is 0.495. The van der Waals surface area contributed by atoms with Crippen molar-refractivity contribution in [2.24, 2.45) is 0 Å². The maximum atomic E-state index is 12.6. The quantitative estimate of drug-likeness (QED) is 0.524. The van der Waals surface area contributed by atoms with Crippen molar-refractivity contribution in [3.63, 3.8) is 0 Å². The van der Waals surface area contributed by atoms with Crippen molar-refractivity contribution in [2.45, 2.75) is 6.61 Å². The molecule has 0 radical (unpaired) electrons. The Morgan fingerprint density at radius 3 is 2.40 bits per heavy atom. The van der Waals surface area contributed by atoms with Gasteiger partial charge in [0.2, 0.25) is 5.88 Å². The number of amides is 1. The van der Waals surface area contributed by atoms with Crippen molar-refractivity contribution in [2.75, 3.05) is 19.5 Å². The minimum absolute atomic E-state index is 0.279. The van der Waals surface area contributed by atoms with E-state index in [9.17, 15) is 4.79 Å². The van der Waals surface area contributed by atoms with E-state index in [0.717, 1.165) is 16.7 Å². The Morgan fingerprint density at radius 1 is 0.933 bits per heavy atom. The zero-order valence-corrected chi connectivity index (χ0v) is 16.6. The van der Waals surface area contributed by atoms with Crippen molar-refractivity contribution < 1.29 is 14.3 Å². The van der Waals surface area contributed by atoms with Crippen molar-refractivity contribution >= 4 is 22.8 Å². The lowest BCUT2D eigenvalue weighted by atomic mass is 10.1. The number of carbonyl (C=O) groups excluding carboxylic acids is 1. The van der Waals surface area contributed by atoms with E-state index in [1.54, 1.807) is 25.4 Å². The predicted molar refractivity (Wildman–Crippen MR) is 114 cm³/mol. The Balaban J connectivity index is 1.66. The van der Waals surface area contributed by atoms with Gasteiger partial charge in [0, 0.05) is 24.4 Å². The number of methoxy groups -OCH3 is 2. The fourth-order valence-corrected chi connectivity index (χ4v) is 3.13. The fourth-order valence-electron chi connectivity index (χ4n) is 3.13. The van der Waals surface area contributed by atoms with Crippen molar-refractivity contribution in [3.8, 4) is 17.0 Å². The Hall–Kier alpha value is -3.84. The minimum atomic E-state index is -0.279. The molecule has 0 spiro atoms. The zero-order chi connectivity index (χ0) is 20.9. The molecule has 2 heterocycles. The molecule has 0 saturated heterocycles. The Labute approximate surface area is 173 Å². The van der Waals surface area contributed by atoms with Gasteiger partial charge in [0.15, 0.2) is 11.3 Å². The predicted octanol–water partition coefficient (Wildman–Crippen LogP) is 4.10. The molecule has 2 aromatic heterocycles. The van der Waals surface area contributed by atoms with E-state index in [1.807, 2.05) is 42.5 Å². The van der Waals surface area contributed by atoms with Crippen LogP contribution in [0.25, 0.3) is 22.2 Å². The number of rotatable bonds is 6. The number of hydrogen-bond acceptors (Lipinski definition) is 6. The van der Waals surface area contributed by atoms with E-state index in [-0.39, 0.29) is 5.91 Å². The number of ether oxygens (including phenoxy) is 2. The van der Waals surface area contributed by atoms with Crippen molar-refractivity contribution in [1.82, 2.24) is 15.0 Å². The molecule has 0 aliphatic rings. The Kier molecular flexibility index (Phi) is 5.63. The summed E-state index contributed by atoms with van der Waals surface area (Å²) in [5.41, 5.74) is 4.44. The highest BCUT2D eigenvalue weighted by Crippen LogP contribution is 2.30. The summed E-state index contributed by atoms with van der Waals surface area (Å²) < 4.78 is 10.5. The SMILES string of the molecule is COCc1ccc(C(=O)Nc2cnc3c(-c4ccccc4)cnc(OC)c3n2)cc1. The van der Waals surface area contributed by atoms with Crippen LogP contribution in [-0.4, -0.2) is 35.1 Å². The van der Waals surface area contributed by atoms with Crippen LogP contribution in [0.3, 0.4) is 0 Å². The van der Waals surface area contributed by atoms with Gasteiger partial charge in [-0.25, -0.2) is 15.0 Å². The van der Waals surface area contributed by atoms with Gasteiger partial charge in [-0.05, 0) is 23.3 Å². The van der Waals surface area contributed by atoms with E-state index in [2.05, 4.69) is 20.3 Å². The van der Waals surface area contributed by atoms with Gasteiger partial charge in [-0.15, -0.1) is 0 Å². The smallest absolute Gasteiger partial charge is 0.256 e. The van der Waals surface area contributed by atoms with Gasteiger partial charge >= 0.3 is 0 Å². The maximum Gasteiger partial charge on any atom is 0.256 e. The summed E-state index contributed by atoms with van der Waals surface area (Å²) in [5, 5.41) is 2.79. The first-order chi connectivity index (χ1) is 14.7. The Morgan fingerprint density at radius 2 is 1.70 bits per heavy atom. The standard InChI is InChI=1S/C23H20N4O3/c1-29-14-15-8-10-17(11-9-15)22(28)27-19-13-24-20-18(16-6-4-3-5-7-16)12-25-23(30-2)21(20)26-19/h3-13H,14H2,1-2H3,(H,26,27,28). The first kappa shape index (κ1) is 19.5.